The number of aliphatic hydroxyl groups is 1. The van der Waals surface area contributed by atoms with Crippen LogP contribution in [-0.2, 0) is 5.60 Å². The smallest absolute Gasteiger partial charge is 0.223 e. The quantitative estimate of drug-likeness (QED) is 0.214. The van der Waals surface area contributed by atoms with E-state index in [0.29, 0.717) is 33.2 Å². The van der Waals surface area contributed by atoms with Crippen molar-refractivity contribution in [3.05, 3.63) is 76.7 Å². The van der Waals surface area contributed by atoms with E-state index >= 15 is 0 Å². The van der Waals surface area contributed by atoms with Gasteiger partial charge in [-0.3, -0.25) is 0 Å². The molecule has 0 saturated carbocycles. The highest BCUT2D eigenvalue weighted by Gasteiger charge is 2.49. The summed E-state index contributed by atoms with van der Waals surface area (Å²) in [6.45, 7) is 28.1. The zero-order chi connectivity index (χ0) is 29.3. The molecule has 1 N–H and O–H groups in total. The molecule has 0 amide bonds. The molecule has 39 heavy (non-hydrogen) atoms. The van der Waals surface area contributed by atoms with Gasteiger partial charge in [-0.2, -0.15) is 0 Å². The second-order valence-corrected chi connectivity index (χ2v) is 24.6. The van der Waals surface area contributed by atoms with E-state index < -0.39 is 21.7 Å². The minimum absolute atomic E-state index is 0.497. The summed E-state index contributed by atoms with van der Waals surface area (Å²) in [5.41, 5.74) is 13.4. The Labute approximate surface area is 242 Å². The van der Waals surface area contributed by atoms with Crippen molar-refractivity contribution in [2.45, 2.75) is 122 Å². The van der Waals surface area contributed by atoms with Crippen molar-refractivity contribution in [1.29, 1.82) is 0 Å². The predicted octanol–water partition coefficient (Wildman–Crippen LogP) is 9.65. The van der Waals surface area contributed by atoms with E-state index in [0.717, 1.165) is 28.2 Å². The highest BCUT2D eigenvalue weighted by Crippen LogP contribution is 2.47. The maximum absolute atomic E-state index is 12.6. The normalized spacial score (nSPS) is 14.9. The molecule has 1 aliphatic carbocycles. The second kappa shape index (κ2) is 11.7. The van der Waals surface area contributed by atoms with Gasteiger partial charge in [-0.15, -0.1) is 5.54 Å². The molecule has 2 aromatic rings. The van der Waals surface area contributed by atoms with E-state index in [-0.39, 0.29) is 0 Å². The third kappa shape index (κ3) is 5.19. The Morgan fingerprint density at radius 2 is 0.897 bits per heavy atom. The molecule has 0 radical (unpaired) electrons. The van der Waals surface area contributed by atoms with E-state index in [4.69, 9.17) is 0 Å². The van der Waals surface area contributed by atoms with Gasteiger partial charge in [0.25, 0.3) is 0 Å². The van der Waals surface area contributed by atoms with Crippen LogP contribution in [0.5, 0.6) is 0 Å². The molecule has 2 aromatic carbocycles. The predicted molar refractivity (Wildman–Crippen MR) is 175 cm³/mol. The first-order valence-electron chi connectivity index (χ1n) is 15.0. The molecule has 0 fully saturated rings. The minimum atomic E-state index is -2.05. The number of benzene rings is 2. The molecule has 1 aliphatic rings. The summed E-state index contributed by atoms with van der Waals surface area (Å²) in [5, 5.41) is 12.6. The minimum Gasteiger partial charge on any atom is -0.359 e. The van der Waals surface area contributed by atoms with Crippen molar-refractivity contribution in [1.82, 2.24) is 0 Å². The first kappa shape index (κ1) is 31.4. The molecule has 3 heteroatoms. The standard InChI is InChI=1S/C36H51OSi2/c1-25(2)38(26(3)4,27(5)6)23-21-31-32-17-13-15-19-34(32)36(37,35-20-16-14-18-33(31)35)22-24-39(28(7)8,29(9)10)30(11)12/h13-20,25-30,37H,1-12H3/q+1. The van der Waals surface area contributed by atoms with Crippen LogP contribution in [0.3, 0.4) is 0 Å². The van der Waals surface area contributed by atoms with Crippen LogP contribution in [0.25, 0.3) is 0 Å². The van der Waals surface area contributed by atoms with E-state index in [2.05, 4.69) is 142 Å². The lowest BCUT2D eigenvalue weighted by Crippen LogP contribution is -2.44. The molecule has 0 heterocycles. The Bertz CT molecular complexity index is 1190. The van der Waals surface area contributed by atoms with Crippen molar-refractivity contribution < 1.29 is 5.11 Å². The Balaban J connectivity index is 2.33. The van der Waals surface area contributed by atoms with E-state index in [1.165, 1.54) is 0 Å². The summed E-state index contributed by atoms with van der Waals surface area (Å²) in [5.74, 6) is 8.35. The van der Waals surface area contributed by atoms with Gasteiger partial charge in [0, 0.05) is 5.92 Å². The molecule has 0 atom stereocenters. The molecular formula is C36H51OSi2+. The second-order valence-electron chi connectivity index (χ2n) is 13.5. The topological polar surface area (TPSA) is 20.2 Å². The maximum Gasteiger partial charge on any atom is 0.223 e. The van der Waals surface area contributed by atoms with Crippen LogP contribution in [0.2, 0.25) is 33.2 Å². The summed E-state index contributed by atoms with van der Waals surface area (Å²) in [4.78, 5) is 0. The average molecular weight is 556 g/mol. The SMILES string of the molecule is CC(C)[Si](C#C[C+]1c2ccccc2C(O)(C#C[Si](C(C)C)(C(C)C)C(C)C)c2ccccc21)(C(C)C)C(C)C. The van der Waals surface area contributed by atoms with E-state index in [1.54, 1.807) is 0 Å². The first-order valence-corrected chi connectivity index (χ1v) is 19.5. The molecule has 0 unspecified atom stereocenters. The van der Waals surface area contributed by atoms with Gasteiger partial charge in [-0.25, -0.2) is 0 Å². The summed E-state index contributed by atoms with van der Waals surface area (Å²) in [7, 11) is -3.98. The monoisotopic (exact) mass is 555 g/mol. The van der Waals surface area contributed by atoms with Crippen molar-refractivity contribution in [3.8, 4) is 22.9 Å². The van der Waals surface area contributed by atoms with Crippen molar-refractivity contribution in [3.63, 3.8) is 0 Å². The summed E-state index contributed by atoms with van der Waals surface area (Å²) in [6, 6.07) is 16.6. The van der Waals surface area contributed by atoms with E-state index in [1.807, 2.05) is 12.1 Å². The third-order valence-electron chi connectivity index (χ3n) is 9.77. The molecule has 0 aromatic heterocycles. The number of rotatable bonds is 6. The molecule has 3 rings (SSSR count). The number of fused-ring (bicyclic) bond motifs is 2. The van der Waals surface area contributed by atoms with Crippen LogP contribution in [-0.4, -0.2) is 21.3 Å². The number of hydrogen-bond acceptors (Lipinski definition) is 1. The zero-order valence-electron chi connectivity index (χ0n) is 26.5. The Morgan fingerprint density at radius 1 is 0.564 bits per heavy atom. The van der Waals surface area contributed by atoms with Gasteiger partial charge in [0.15, 0.2) is 8.07 Å². The molecule has 1 nitrogen and oxygen atoms in total. The van der Waals surface area contributed by atoms with Gasteiger partial charge in [-0.1, -0.05) is 94.5 Å². The average Bonchev–Trinajstić information content (AvgIpc) is 2.85. The molecule has 0 spiro atoms. The third-order valence-corrected chi connectivity index (χ3v) is 22.3. The highest BCUT2D eigenvalue weighted by molar-refractivity contribution is 6.91. The van der Waals surface area contributed by atoms with Gasteiger partial charge in [0.05, 0.1) is 22.3 Å². The Hall–Kier alpha value is -2.18. The molecule has 0 aliphatic heterocycles. The lowest BCUT2D eigenvalue weighted by molar-refractivity contribution is 0.142. The van der Waals surface area contributed by atoms with Crippen molar-refractivity contribution >= 4 is 16.1 Å². The van der Waals surface area contributed by atoms with Gasteiger partial charge >= 0.3 is 0 Å². The number of hydrogen-bond donors (Lipinski definition) is 1. The van der Waals surface area contributed by atoms with Crippen LogP contribution in [0.15, 0.2) is 48.5 Å². The largest absolute Gasteiger partial charge is 0.359 e. The van der Waals surface area contributed by atoms with Gasteiger partial charge in [-0.05, 0) is 81.8 Å². The fourth-order valence-corrected chi connectivity index (χ4v) is 18.3. The Morgan fingerprint density at radius 3 is 1.26 bits per heavy atom. The van der Waals surface area contributed by atoms with Crippen LogP contribution in [0, 0.1) is 28.8 Å². The lowest BCUT2D eigenvalue weighted by Gasteiger charge is -2.39. The summed E-state index contributed by atoms with van der Waals surface area (Å²) >= 11 is 0. The molecule has 0 saturated heterocycles. The van der Waals surface area contributed by atoms with Crippen molar-refractivity contribution in [2.75, 3.05) is 0 Å². The van der Waals surface area contributed by atoms with Crippen LogP contribution >= 0.6 is 0 Å². The lowest BCUT2D eigenvalue weighted by atomic mass is 9.70. The van der Waals surface area contributed by atoms with Crippen molar-refractivity contribution in [2.24, 2.45) is 0 Å². The molecule has 208 valence electrons. The Kier molecular flexibility index (Phi) is 9.44. The first-order chi connectivity index (χ1) is 18.2. The zero-order valence-corrected chi connectivity index (χ0v) is 28.5. The maximum atomic E-state index is 12.6. The fraction of sp³-hybridized carbons (Fsp3) is 0.528. The van der Waals surface area contributed by atoms with Crippen LogP contribution in [0.1, 0.15) is 105 Å². The molecular weight excluding hydrogens is 505 g/mol. The van der Waals surface area contributed by atoms with Gasteiger partial charge in [0.2, 0.25) is 5.60 Å². The highest BCUT2D eigenvalue weighted by atomic mass is 28.3. The van der Waals surface area contributed by atoms with Crippen LogP contribution < -0.4 is 0 Å². The summed E-state index contributed by atoms with van der Waals surface area (Å²) < 4.78 is 0. The van der Waals surface area contributed by atoms with Gasteiger partial charge in [0.1, 0.15) is 14.0 Å². The van der Waals surface area contributed by atoms with E-state index in [9.17, 15) is 5.11 Å². The summed E-state index contributed by atoms with van der Waals surface area (Å²) in [6.07, 6.45) is 0. The fourth-order valence-electron chi connectivity index (χ4n) is 7.83. The van der Waals surface area contributed by atoms with Crippen LogP contribution in [0.4, 0.5) is 0 Å². The van der Waals surface area contributed by atoms with Gasteiger partial charge < -0.3 is 5.11 Å². The molecule has 0 bridgehead atoms.